The van der Waals surface area contributed by atoms with Gasteiger partial charge in [-0.05, 0) is 48.6 Å². The fourth-order valence-corrected chi connectivity index (χ4v) is 1.75. The van der Waals surface area contributed by atoms with E-state index in [2.05, 4.69) is 0 Å². The lowest BCUT2D eigenvalue weighted by atomic mass is 10.2. The highest BCUT2D eigenvalue weighted by molar-refractivity contribution is 7.80. The van der Waals surface area contributed by atoms with Crippen LogP contribution in [0.25, 0.3) is 0 Å². The number of nitrogens with zero attached hydrogens (tertiary/aromatic N) is 1. The number of ether oxygens (including phenoxy) is 1. The van der Waals surface area contributed by atoms with Gasteiger partial charge in [0.25, 0.3) is 5.69 Å². The van der Waals surface area contributed by atoms with E-state index in [0.29, 0.717) is 16.3 Å². The minimum Gasteiger partial charge on any atom is -0.445 e. The van der Waals surface area contributed by atoms with Crippen LogP contribution in [0.2, 0.25) is 5.02 Å². The summed E-state index contributed by atoms with van der Waals surface area (Å²) in [6.45, 7) is 0. The Balaban J connectivity index is 2.11. The van der Waals surface area contributed by atoms with Crippen LogP contribution in [0.3, 0.4) is 0 Å². The van der Waals surface area contributed by atoms with Gasteiger partial charge in [-0.25, -0.2) is 0 Å². The van der Waals surface area contributed by atoms with E-state index >= 15 is 0 Å². The topological polar surface area (TPSA) is 52.4 Å². The molecule has 0 aliphatic rings. The molecular formula is C13H8ClNO3S. The molecule has 0 atom stereocenters. The predicted octanol–water partition coefficient (Wildman–Crippen LogP) is 4.00. The van der Waals surface area contributed by atoms with E-state index in [-0.39, 0.29) is 10.7 Å². The van der Waals surface area contributed by atoms with Crippen LogP contribution in [0.5, 0.6) is 5.75 Å². The second kappa shape index (κ2) is 5.77. The molecule has 0 radical (unpaired) electrons. The molecule has 0 bridgehead atoms. The lowest BCUT2D eigenvalue weighted by Crippen LogP contribution is -2.06. The normalized spacial score (nSPS) is 9.95. The zero-order chi connectivity index (χ0) is 13.8. The molecule has 0 aliphatic carbocycles. The highest BCUT2D eigenvalue weighted by atomic mass is 35.5. The Morgan fingerprint density at radius 1 is 1.11 bits per heavy atom. The van der Waals surface area contributed by atoms with Crippen molar-refractivity contribution >= 4 is 34.6 Å². The van der Waals surface area contributed by atoms with E-state index in [4.69, 9.17) is 28.6 Å². The maximum atomic E-state index is 10.5. The van der Waals surface area contributed by atoms with Crippen molar-refractivity contribution in [3.8, 4) is 5.75 Å². The van der Waals surface area contributed by atoms with Crippen molar-refractivity contribution in [2.75, 3.05) is 0 Å². The first-order valence-electron chi connectivity index (χ1n) is 5.28. The second-order valence-electron chi connectivity index (χ2n) is 3.65. The van der Waals surface area contributed by atoms with E-state index in [9.17, 15) is 10.1 Å². The molecule has 0 fully saturated rings. The van der Waals surface area contributed by atoms with Crippen LogP contribution in [0, 0.1) is 10.1 Å². The largest absolute Gasteiger partial charge is 0.445 e. The van der Waals surface area contributed by atoms with Gasteiger partial charge in [0, 0.05) is 22.7 Å². The first-order valence-corrected chi connectivity index (χ1v) is 6.07. The monoisotopic (exact) mass is 293 g/mol. The van der Waals surface area contributed by atoms with Crippen LogP contribution < -0.4 is 4.74 Å². The number of thiocarbonyl (C=S) groups is 1. The van der Waals surface area contributed by atoms with Gasteiger partial charge in [0.2, 0.25) is 0 Å². The summed E-state index contributed by atoms with van der Waals surface area (Å²) in [5.41, 5.74) is 0.619. The third-order valence-electron chi connectivity index (χ3n) is 2.34. The highest BCUT2D eigenvalue weighted by Gasteiger charge is 2.08. The van der Waals surface area contributed by atoms with Crippen molar-refractivity contribution in [1.82, 2.24) is 0 Å². The summed E-state index contributed by atoms with van der Waals surface area (Å²) in [5, 5.41) is 11.4. The minimum atomic E-state index is -0.465. The quantitative estimate of drug-likeness (QED) is 0.487. The van der Waals surface area contributed by atoms with Crippen molar-refractivity contribution in [1.29, 1.82) is 0 Å². The molecule has 4 nitrogen and oxygen atoms in total. The van der Waals surface area contributed by atoms with Gasteiger partial charge in [0.1, 0.15) is 5.75 Å². The van der Waals surface area contributed by atoms with Gasteiger partial charge in [0.15, 0.2) is 5.05 Å². The molecule has 2 rings (SSSR count). The maximum Gasteiger partial charge on any atom is 0.269 e. The summed E-state index contributed by atoms with van der Waals surface area (Å²) >= 11 is 10.9. The zero-order valence-electron chi connectivity index (χ0n) is 9.58. The van der Waals surface area contributed by atoms with Crippen LogP contribution in [0.1, 0.15) is 5.56 Å². The molecule has 96 valence electrons. The number of nitro groups is 1. The predicted molar refractivity (Wildman–Crippen MR) is 76.9 cm³/mol. The summed E-state index contributed by atoms with van der Waals surface area (Å²) in [4.78, 5) is 10.1. The molecular weight excluding hydrogens is 286 g/mol. The molecule has 19 heavy (non-hydrogen) atoms. The summed E-state index contributed by atoms with van der Waals surface area (Å²) in [6.07, 6.45) is 0. The molecule has 0 saturated carbocycles. The number of hydrogen-bond acceptors (Lipinski definition) is 4. The molecule has 0 heterocycles. The van der Waals surface area contributed by atoms with Gasteiger partial charge >= 0.3 is 0 Å². The number of non-ortho nitro benzene ring substituents is 1. The first kappa shape index (κ1) is 13.5. The number of rotatable bonds is 3. The molecule has 0 saturated heterocycles. The van der Waals surface area contributed by atoms with Crippen LogP contribution in [-0.4, -0.2) is 9.97 Å². The summed E-state index contributed by atoms with van der Waals surface area (Å²) < 4.78 is 5.46. The third-order valence-corrected chi connectivity index (χ3v) is 2.91. The molecule has 2 aromatic carbocycles. The molecule has 0 unspecified atom stereocenters. The standard InChI is InChI=1S/C13H8ClNO3S/c14-10-3-7-12(8-4-10)18-13(19)9-1-5-11(6-2-9)15(16)17/h1-8H. The number of hydrogen-bond donors (Lipinski definition) is 0. The molecule has 0 aliphatic heterocycles. The van der Waals surface area contributed by atoms with Gasteiger partial charge in [0.05, 0.1) is 4.92 Å². The molecule has 6 heteroatoms. The molecule has 2 aromatic rings. The summed E-state index contributed by atoms with van der Waals surface area (Å²) in [5.74, 6) is 0.563. The van der Waals surface area contributed by atoms with Crippen molar-refractivity contribution in [2.45, 2.75) is 0 Å². The molecule has 0 aromatic heterocycles. The Labute approximate surface area is 119 Å². The maximum absolute atomic E-state index is 10.5. The van der Waals surface area contributed by atoms with Gasteiger partial charge in [-0.2, -0.15) is 0 Å². The molecule has 0 amide bonds. The Bertz CT molecular complexity index is 611. The number of nitro benzene ring substituents is 1. The average Bonchev–Trinajstić information content (AvgIpc) is 2.41. The van der Waals surface area contributed by atoms with Crippen molar-refractivity contribution in [3.63, 3.8) is 0 Å². The van der Waals surface area contributed by atoms with Crippen molar-refractivity contribution in [2.24, 2.45) is 0 Å². The van der Waals surface area contributed by atoms with Crippen LogP contribution in [0.4, 0.5) is 5.69 Å². The summed E-state index contributed by atoms with van der Waals surface area (Å²) in [7, 11) is 0. The smallest absolute Gasteiger partial charge is 0.269 e. The highest BCUT2D eigenvalue weighted by Crippen LogP contribution is 2.18. The molecule has 0 N–H and O–H groups in total. The van der Waals surface area contributed by atoms with Gasteiger partial charge in [-0.15, -0.1) is 0 Å². The SMILES string of the molecule is O=[N+]([O-])c1ccc(C(=S)Oc2ccc(Cl)cc2)cc1. The van der Waals surface area contributed by atoms with Gasteiger partial charge in [-0.1, -0.05) is 11.6 Å². The summed E-state index contributed by atoms with van der Waals surface area (Å²) in [6, 6.07) is 12.6. The van der Waals surface area contributed by atoms with Crippen LogP contribution in [-0.2, 0) is 0 Å². The van der Waals surface area contributed by atoms with Crippen molar-refractivity contribution in [3.05, 3.63) is 69.2 Å². The van der Waals surface area contributed by atoms with E-state index in [1.165, 1.54) is 12.1 Å². The third kappa shape index (κ3) is 3.49. The van der Waals surface area contributed by atoms with E-state index in [1.54, 1.807) is 36.4 Å². The van der Waals surface area contributed by atoms with E-state index in [0.717, 1.165) is 0 Å². The number of halogens is 1. The second-order valence-corrected chi connectivity index (χ2v) is 4.45. The van der Waals surface area contributed by atoms with E-state index in [1.807, 2.05) is 0 Å². The van der Waals surface area contributed by atoms with Crippen LogP contribution >= 0.6 is 23.8 Å². The van der Waals surface area contributed by atoms with E-state index < -0.39 is 4.92 Å². The lowest BCUT2D eigenvalue weighted by molar-refractivity contribution is -0.384. The lowest BCUT2D eigenvalue weighted by Gasteiger charge is -2.06. The van der Waals surface area contributed by atoms with Gasteiger partial charge < -0.3 is 4.74 Å². The van der Waals surface area contributed by atoms with Gasteiger partial charge in [-0.3, -0.25) is 10.1 Å². The average molecular weight is 294 g/mol. The van der Waals surface area contributed by atoms with Crippen molar-refractivity contribution < 1.29 is 9.66 Å². The minimum absolute atomic E-state index is 0.0121. The Morgan fingerprint density at radius 3 is 2.21 bits per heavy atom. The molecule has 0 spiro atoms. The first-order chi connectivity index (χ1) is 9.06. The van der Waals surface area contributed by atoms with Crippen LogP contribution in [0.15, 0.2) is 48.5 Å². The Kier molecular flexibility index (Phi) is 4.09. The fourth-order valence-electron chi connectivity index (χ4n) is 1.39. The fraction of sp³-hybridized carbons (Fsp3) is 0. The zero-order valence-corrected chi connectivity index (χ0v) is 11.1. The number of benzene rings is 2. The Morgan fingerprint density at radius 2 is 1.68 bits per heavy atom. The Hall–Kier alpha value is -1.98.